The first-order valence-electron chi connectivity index (χ1n) is 9.97. The average molecular weight is 450 g/mol. The summed E-state index contributed by atoms with van der Waals surface area (Å²) in [4.78, 5) is 6.65. The molecular formula is C24H20ClN3O2S. The molecule has 1 aliphatic rings. The van der Waals surface area contributed by atoms with Gasteiger partial charge in [0.05, 0.1) is 24.5 Å². The van der Waals surface area contributed by atoms with Gasteiger partial charge in [0, 0.05) is 16.8 Å². The Morgan fingerprint density at radius 2 is 2.03 bits per heavy atom. The molecule has 0 amide bonds. The first-order valence-corrected chi connectivity index (χ1v) is 10.8. The molecule has 31 heavy (non-hydrogen) atoms. The van der Waals surface area contributed by atoms with Gasteiger partial charge in [-0.25, -0.2) is 0 Å². The van der Waals surface area contributed by atoms with E-state index >= 15 is 0 Å². The lowest BCUT2D eigenvalue weighted by Gasteiger charge is -2.25. The van der Waals surface area contributed by atoms with Gasteiger partial charge < -0.3 is 19.1 Å². The summed E-state index contributed by atoms with van der Waals surface area (Å²) < 4.78 is 12.0. The predicted molar refractivity (Wildman–Crippen MR) is 124 cm³/mol. The lowest BCUT2D eigenvalue weighted by atomic mass is 10.0. The van der Waals surface area contributed by atoms with Gasteiger partial charge in [0.25, 0.3) is 0 Å². The normalized spacial score (nSPS) is 18.4. The zero-order valence-electron chi connectivity index (χ0n) is 16.8. The molecule has 2 atom stereocenters. The summed E-state index contributed by atoms with van der Waals surface area (Å²) in [6.45, 7) is 2.57. The van der Waals surface area contributed by atoms with Gasteiger partial charge in [0.2, 0.25) is 0 Å². The molecule has 0 saturated carbocycles. The minimum absolute atomic E-state index is 0.150. The van der Waals surface area contributed by atoms with Crippen molar-refractivity contribution in [1.29, 1.82) is 0 Å². The van der Waals surface area contributed by atoms with E-state index in [1.54, 1.807) is 12.5 Å². The van der Waals surface area contributed by atoms with E-state index < -0.39 is 0 Å². The van der Waals surface area contributed by atoms with Crippen molar-refractivity contribution >= 4 is 28.9 Å². The van der Waals surface area contributed by atoms with Crippen molar-refractivity contribution in [3.63, 3.8) is 0 Å². The fraction of sp³-hybridized carbons (Fsp3) is 0.167. The van der Waals surface area contributed by atoms with Gasteiger partial charge in [-0.1, -0.05) is 23.7 Å². The molecule has 0 radical (unpaired) electrons. The molecule has 4 aromatic rings. The number of aromatic nitrogens is 1. The molecule has 1 fully saturated rings. The number of hydrogen-bond donors (Lipinski definition) is 1. The summed E-state index contributed by atoms with van der Waals surface area (Å²) in [6, 6.07) is 19.1. The molecule has 4 heterocycles. The number of aryl methyl sites for hydroxylation is 1. The van der Waals surface area contributed by atoms with Crippen LogP contribution in [0.1, 0.15) is 34.9 Å². The number of pyridine rings is 1. The van der Waals surface area contributed by atoms with Gasteiger partial charge in [0.1, 0.15) is 23.3 Å². The number of furan rings is 2. The Hall–Kier alpha value is -3.09. The number of nitrogens with zero attached hydrogens (tertiary/aromatic N) is 2. The van der Waals surface area contributed by atoms with Crippen LogP contribution in [0.4, 0.5) is 0 Å². The van der Waals surface area contributed by atoms with Crippen molar-refractivity contribution in [1.82, 2.24) is 15.2 Å². The van der Waals surface area contributed by atoms with E-state index in [4.69, 9.17) is 32.7 Å². The van der Waals surface area contributed by atoms with Crippen molar-refractivity contribution < 1.29 is 8.83 Å². The van der Waals surface area contributed by atoms with Crippen LogP contribution in [-0.4, -0.2) is 15.0 Å². The Balaban J connectivity index is 1.56. The van der Waals surface area contributed by atoms with Crippen molar-refractivity contribution in [2.45, 2.75) is 25.6 Å². The summed E-state index contributed by atoms with van der Waals surface area (Å²) >= 11 is 11.9. The summed E-state index contributed by atoms with van der Waals surface area (Å²) in [5, 5.41) is 4.73. The number of hydrogen-bond acceptors (Lipinski definition) is 4. The molecule has 5 nitrogen and oxygen atoms in total. The second kappa shape index (κ2) is 8.21. The van der Waals surface area contributed by atoms with Crippen LogP contribution in [0.2, 0.25) is 5.02 Å². The second-order valence-corrected chi connectivity index (χ2v) is 8.32. The Kier molecular flexibility index (Phi) is 5.26. The SMILES string of the molecule is Cc1ccc(Cl)cc1-c1ccc([C@@H]2[C@H](c3ccccn3)NC(=S)N2Cc2ccco2)o1. The largest absolute Gasteiger partial charge is 0.467 e. The monoisotopic (exact) mass is 449 g/mol. The first-order chi connectivity index (χ1) is 15.1. The Morgan fingerprint density at radius 3 is 2.81 bits per heavy atom. The summed E-state index contributed by atoms with van der Waals surface area (Å²) in [6.07, 6.45) is 3.45. The highest BCUT2D eigenvalue weighted by atomic mass is 35.5. The molecule has 0 aliphatic carbocycles. The van der Waals surface area contributed by atoms with E-state index in [1.165, 1.54) is 0 Å². The molecule has 1 aliphatic heterocycles. The standard InChI is InChI=1S/C24H20ClN3O2S/c1-15-7-8-16(25)13-18(15)20-9-10-21(30-20)23-22(19-6-2-3-11-26-19)27-24(31)28(23)14-17-5-4-12-29-17/h2-13,22-23H,14H2,1H3,(H,27,31)/t22-,23+/m0/s1. The Morgan fingerprint density at radius 1 is 1.13 bits per heavy atom. The fourth-order valence-corrected chi connectivity index (χ4v) is 4.45. The molecule has 3 aromatic heterocycles. The second-order valence-electron chi connectivity index (χ2n) is 7.50. The maximum atomic E-state index is 6.38. The fourth-order valence-electron chi connectivity index (χ4n) is 3.97. The maximum absolute atomic E-state index is 6.38. The number of nitrogens with one attached hydrogen (secondary N) is 1. The predicted octanol–water partition coefficient (Wildman–Crippen LogP) is 6.07. The van der Waals surface area contributed by atoms with E-state index in [2.05, 4.69) is 15.2 Å². The molecule has 0 unspecified atom stereocenters. The molecule has 0 bridgehead atoms. The van der Waals surface area contributed by atoms with Crippen LogP contribution in [0.3, 0.4) is 0 Å². The molecule has 1 N–H and O–H groups in total. The third-order valence-electron chi connectivity index (χ3n) is 5.49. The van der Waals surface area contributed by atoms with Crippen LogP contribution >= 0.6 is 23.8 Å². The van der Waals surface area contributed by atoms with Gasteiger partial charge in [0.15, 0.2) is 5.11 Å². The van der Waals surface area contributed by atoms with Crippen molar-refractivity contribution in [3.05, 3.63) is 101 Å². The van der Waals surface area contributed by atoms with E-state index in [0.717, 1.165) is 34.1 Å². The van der Waals surface area contributed by atoms with Crippen molar-refractivity contribution in [2.75, 3.05) is 0 Å². The van der Waals surface area contributed by atoms with Crippen LogP contribution in [0.15, 0.2) is 82.0 Å². The van der Waals surface area contributed by atoms with Crippen LogP contribution in [0.5, 0.6) is 0 Å². The van der Waals surface area contributed by atoms with Crippen LogP contribution in [0.25, 0.3) is 11.3 Å². The summed E-state index contributed by atoms with van der Waals surface area (Å²) in [5.41, 5.74) is 2.96. The van der Waals surface area contributed by atoms with E-state index in [-0.39, 0.29) is 12.1 Å². The van der Waals surface area contributed by atoms with Crippen LogP contribution in [0, 0.1) is 6.92 Å². The number of rotatable bonds is 5. The van der Waals surface area contributed by atoms with Gasteiger partial charge in [-0.3, -0.25) is 4.98 Å². The molecule has 1 aromatic carbocycles. The van der Waals surface area contributed by atoms with Gasteiger partial charge in [-0.05, 0) is 73.2 Å². The average Bonchev–Trinajstić information content (AvgIpc) is 3.52. The quantitative estimate of drug-likeness (QED) is 0.373. The van der Waals surface area contributed by atoms with E-state index in [0.29, 0.717) is 16.7 Å². The highest BCUT2D eigenvalue weighted by Crippen LogP contribution is 2.41. The zero-order chi connectivity index (χ0) is 21.4. The summed E-state index contributed by atoms with van der Waals surface area (Å²) in [5.74, 6) is 2.39. The molecule has 5 rings (SSSR count). The molecular weight excluding hydrogens is 430 g/mol. The minimum Gasteiger partial charge on any atom is -0.467 e. The van der Waals surface area contributed by atoms with Gasteiger partial charge in [-0.2, -0.15) is 0 Å². The highest BCUT2D eigenvalue weighted by Gasteiger charge is 2.42. The molecule has 1 saturated heterocycles. The maximum Gasteiger partial charge on any atom is 0.170 e. The van der Waals surface area contributed by atoms with Crippen LogP contribution in [-0.2, 0) is 6.54 Å². The highest BCUT2D eigenvalue weighted by molar-refractivity contribution is 7.80. The summed E-state index contributed by atoms with van der Waals surface area (Å²) in [7, 11) is 0. The minimum atomic E-state index is -0.180. The van der Waals surface area contributed by atoms with Crippen molar-refractivity contribution in [2.24, 2.45) is 0 Å². The smallest absolute Gasteiger partial charge is 0.170 e. The van der Waals surface area contributed by atoms with Crippen LogP contribution < -0.4 is 5.32 Å². The molecule has 156 valence electrons. The van der Waals surface area contributed by atoms with E-state index in [9.17, 15) is 0 Å². The lowest BCUT2D eigenvalue weighted by molar-refractivity contribution is 0.253. The number of thiocarbonyl (C=S) groups is 1. The first kappa shape index (κ1) is 19.8. The third-order valence-corrected chi connectivity index (χ3v) is 6.07. The third kappa shape index (κ3) is 3.84. The van der Waals surface area contributed by atoms with Gasteiger partial charge >= 0.3 is 0 Å². The number of halogens is 1. The van der Waals surface area contributed by atoms with Crippen molar-refractivity contribution in [3.8, 4) is 11.3 Å². The molecule has 7 heteroatoms. The Labute approximate surface area is 190 Å². The van der Waals surface area contributed by atoms with Gasteiger partial charge in [-0.15, -0.1) is 0 Å². The van der Waals surface area contributed by atoms with E-state index in [1.807, 2.05) is 67.6 Å². The molecule has 0 spiro atoms. The number of benzene rings is 1. The lowest BCUT2D eigenvalue weighted by Crippen LogP contribution is -2.28. The topological polar surface area (TPSA) is 54.4 Å². The Bertz CT molecular complexity index is 1210. The zero-order valence-corrected chi connectivity index (χ0v) is 18.4.